The molecule has 3 aromatic rings. The van der Waals surface area contributed by atoms with Crippen molar-refractivity contribution < 1.29 is 9.13 Å². The van der Waals surface area contributed by atoms with E-state index in [4.69, 9.17) is 15.0 Å². The van der Waals surface area contributed by atoms with Gasteiger partial charge in [-0.05, 0) is 35.7 Å². The molecule has 0 bridgehead atoms. The van der Waals surface area contributed by atoms with E-state index in [2.05, 4.69) is 13.8 Å². The predicted octanol–water partition coefficient (Wildman–Crippen LogP) is 6.92. The molecule has 0 aliphatic heterocycles. The molecule has 3 rings (SSSR count). The Morgan fingerprint density at radius 2 is 1.77 bits per heavy atom. The van der Waals surface area contributed by atoms with Crippen molar-refractivity contribution in [2.24, 2.45) is 13.0 Å². The maximum absolute atomic E-state index is 14.5. The first-order chi connectivity index (χ1) is 16.9. The van der Waals surface area contributed by atoms with Crippen molar-refractivity contribution in [3.8, 4) is 34.2 Å². The van der Waals surface area contributed by atoms with Crippen molar-refractivity contribution in [1.82, 2.24) is 9.55 Å². The third-order valence-electron chi connectivity index (χ3n) is 6.14. The number of nitrogens with zero attached hydrogens (tertiary/aromatic N) is 3. The Hall–Kier alpha value is -3.46. The molecule has 0 spiro atoms. The Morgan fingerprint density at radius 3 is 2.31 bits per heavy atom. The van der Waals surface area contributed by atoms with Crippen LogP contribution >= 0.6 is 0 Å². The average molecular weight is 478 g/mol. The van der Waals surface area contributed by atoms with Gasteiger partial charge in [0, 0.05) is 19.0 Å². The van der Waals surface area contributed by atoms with E-state index in [1.807, 2.05) is 19.9 Å². The van der Waals surface area contributed by atoms with E-state index in [1.54, 1.807) is 49.1 Å². The Balaban J connectivity index is 0.00000210. The monoisotopic (exact) mass is 477 g/mol. The Bertz CT molecular complexity index is 1210. The number of halogens is 1. The number of nitriles is 1. The number of methoxy groups -OCH3 is 1. The molecule has 0 radical (unpaired) electrons. The summed E-state index contributed by atoms with van der Waals surface area (Å²) in [6.07, 6.45) is 5.00. The van der Waals surface area contributed by atoms with Gasteiger partial charge in [0.1, 0.15) is 23.5 Å². The second-order valence-corrected chi connectivity index (χ2v) is 8.27. The fourth-order valence-corrected chi connectivity index (χ4v) is 4.01. The Kier molecular flexibility index (Phi) is 10.7. The van der Waals surface area contributed by atoms with Crippen molar-refractivity contribution in [3.63, 3.8) is 0 Å². The second-order valence-electron chi connectivity index (χ2n) is 8.27. The first-order valence-corrected chi connectivity index (χ1v) is 12.4. The zero-order valence-corrected chi connectivity index (χ0v) is 21.7. The number of rotatable bonds is 9. The van der Waals surface area contributed by atoms with Crippen molar-refractivity contribution in [2.45, 2.75) is 59.8 Å². The smallest absolute Gasteiger partial charge is 0.261 e. The normalized spacial score (nSPS) is 11.3. The molecule has 186 valence electrons. The second kappa shape index (κ2) is 13.4. The van der Waals surface area contributed by atoms with Crippen molar-refractivity contribution in [3.05, 3.63) is 70.0 Å². The molecule has 5 nitrogen and oxygen atoms in total. The molecule has 1 aromatic heterocycles. The topological polar surface area (TPSA) is 67.9 Å². The highest BCUT2D eigenvalue weighted by molar-refractivity contribution is 5.80. The summed E-state index contributed by atoms with van der Waals surface area (Å²) < 4.78 is 21.4. The summed E-state index contributed by atoms with van der Waals surface area (Å²) in [5, 5.41) is 9.11. The van der Waals surface area contributed by atoms with Gasteiger partial charge in [-0.3, -0.25) is 9.36 Å². The zero-order chi connectivity index (χ0) is 26.0. The third kappa shape index (κ3) is 6.57. The van der Waals surface area contributed by atoms with Crippen molar-refractivity contribution >= 4 is 0 Å². The number of hydrogen-bond donors (Lipinski definition) is 0. The van der Waals surface area contributed by atoms with Crippen LogP contribution in [0.4, 0.5) is 4.39 Å². The largest absolute Gasteiger partial charge is 0.497 e. The van der Waals surface area contributed by atoms with Crippen LogP contribution in [0.1, 0.15) is 64.8 Å². The number of unbranched alkanes of at least 4 members (excludes halogenated alkanes) is 1. The summed E-state index contributed by atoms with van der Waals surface area (Å²) in [6.45, 7) is 8.32. The predicted molar refractivity (Wildman–Crippen MR) is 140 cm³/mol. The van der Waals surface area contributed by atoms with Crippen LogP contribution in [0.25, 0.3) is 22.4 Å². The van der Waals surface area contributed by atoms with E-state index < -0.39 is 5.82 Å². The average Bonchev–Trinajstić information content (AvgIpc) is 2.90. The quantitative estimate of drug-likeness (QED) is 0.335. The maximum Gasteiger partial charge on any atom is 0.261 e. The highest BCUT2D eigenvalue weighted by atomic mass is 19.1. The van der Waals surface area contributed by atoms with Gasteiger partial charge < -0.3 is 4.74 Å². The molecule has 6 heteroatoms. The van der Waals surface area contributed by atoms with Gasteiger partial charge in [0.05, 0.1) is 23.9 Å². The first kappa shape index (κ1) is 27.8. The van der Waals surface area contributed by atoms with Crippen LogP contribution in [0.5, 0.6) is 5.75 Å². The molecule has 0 amide bonds. The van der Waals surface area contributed by atoms with Crippen molar-refractivity contribution in [1.29, 1.82) is 5.26 Å². The fourth-order valence-electron chi connectivity index (χ4n) is 4.01. The molecule has 0 saturated carbocycles. The van der Waals surface area contributed by atoms with E-state index in [1.165, 1.54) is 12.1 Å². The number of hydrogen-bond acceptors (Lipinski definition) is 4. The van der Waals surface area contributed by atoms with Gasteiger partial charge in [-0.15, -0.1) is 0 Å². The van der Waals surface area contributed by atoms with Gasteiger partial charge in [-0.2, -0.15) is 5.26 Å². The third-order valence-corrected chi connectivity index (χ3v) is 6.14. The van der Waals surface area contributed by atoms with Crippen molar-refractivity contribution in [2.75, 3.05) is 7.11 Å². The van der Waals surface area contributed by atoms with Crippen LogP contribution in [0.2, 0.25) is 0 Å². The molecular formula is C29H36FN3O2. The highest BCUT2D eigenvalue weighted by Crippen LogP contribution is 2.31. The molecule has 1 heterocycles. The zero-order valence-electron chi connectivity index (χ0n) is 21.7. The van der Waals surface area contributed by atoms with Crippen LogP contribution in [-0.4, -0.2) is 16.7 Å². The minimum Gasteiger partial charge on any atom is -0.497 e. The molecule has 35 heavy (non-hydrogen) atoms. The van der Waals surface area contributed by atoms with Crippen LogP contribution < -0.4 is 10.3 Å². The minimum absolute atomic E-state index is 0.0422. The number of aromatic nitrogens is 2. The van der Waals surface area contributed by atoms with E-state index in [0.717, 1.165) is 25.7 Å². The highest BCUT2D eigenvalue weighted by Gasteiger charge is 2.21. The van der Waals surface area contributed by atoms with E-state index >= 15 is 0 Å². The van der Waals surface area contributed by atoms with Crippen LogP contribution in [0.3, 0.4) is 0 Å². The summed E-state index contributed by atoms with van der Waals surface area (Å²) in [5.41, 5.74) is 1.74. The number of benzene rings is 2. The van der Waals surface area contributed by atoms with E-state index in [0.29, 0.717) is 46.3 Å². The van der Waals surface area contributed by atoms with Gasteiger partial charge >= 0.3 is 0 Å². The summed E-state index contributed by atoms with van der Waals surface area (Å²) in [6, 6.07) is 13.4. The summed E-state index contributed by atoms with van der Waals surface area (Å²) in [7, 11) is 3.32. The molecular weight excluding hydrogens is 441 g/mol. The maximum atomic E-state index is 14.5. The Labute approximate surface area is 208 Å². The number of ether oxygens (including phenoxy) is 1. The molecule has 1 atom stereocenters. The lowest BCUT2D eigenvalue weighted by atomic mass is 9.94. The standard InChI is InChI=1S/C27H30FN3O2.C2H6/c1-5-7-8-18(6-2)15-24-30-26(20-9-10-21(17-29)23(28)16-20)25(27(32)31(24)3)19-11-13-22(33-4)14-12-19;1-2/h9-14,16,18H,5-8,15H2,1-4H3;1-2H3. The summed E-state index contributed by atoms with van der Waals surface area (Å²) in [4.78, 5) is 18.5. The Morgan fingerprint density at radius 1 is 1.11 bits per heavy atom. The first-order valence-electron chi connectivity index (χ1n) is 12.4. The van der Waals surface area contributed by atoms with Crippen LogP contribution in [0.15, 0.2) is 47.3 Å². The lowest BCUT2D eigenvalue weighted by Crippen LogP contribution is -2.26. The summed E-state index contributed by atoms with van der Waals surface area (Å²) >= 11 is 0. The SMILES string of the molecule is CC.CCCCC(CC)Cc1nc(-c2ccc(C#N)c(F)c2)c(-c2ccc(OC)cc2)c(=O)n1C. The van der Waals surface area contributed by atoms with E-state index in [-0.39, 0.29) is 11.1 Å². The van der Waals surface area contributed by atoms with Crippen LogP contribution in [-0.2, 0) is 13.5 Å². The summed E-state index contributed by atoms with van der Waals surface area (Å²) in [5.74, 6) is 1.14. The lowest BCUT2D eigenvalue weighted by Gasteiger charge is -2.19. The molecule has 0 aliphatic rings. The molecule has 0 saturated heterocycles. The van der Waals surface area contributed by atoms with Gasteiger partial charge in [-0.25, -0.2) is 9.37 Å². The van der Waals surface area contributed by atoms with Gasteiger partial charge in [0.15, 0.2) is 0 Å². The molecule has 0 aliphatic carbocycles. The molecule has 2 aromatic carbocycles. The lowest BCUT2D eigenvalue weighted by molar-refractivity contribution is 0.415. The molecule has 1 unspecified atom stereocenters. The van der Waals surface area contributed by atoms with E-state index in [9.17, 15) is 9.18 Å². The van der Waals surface area contributed by atoms with Gasteiger partial charge in [0.25, 0.3) is 5.56 Å². The fraction of sp³-hybridized carbons (Fsp3) is 0.414. The van der Waals surface area contributed by atoms with Gasteiger partial charge in [-0.1, -0.05) is 71.6 Å². The molecule has 0 fully saturated rings. The molecule has 0 N–H and O–H groups in total. The van der Waals surface area contributed by atoms with Crippen LogP contribution in [0, 0.1) is 23.1 Å². The minimum atomic E-state index is -0.630. The van der Waals surface area contributed by atoms with Gasteiger partial charge in [0.2, 0.25) is 0 Å².